The summed E-state index contributed by atoms with van der Waals surface area (Å²) < 4.78 is 77.4. The minimum absolute atomic E-state index is 0.0479. The van der Waals surface area contributed by atoms with E-state index >= 15 is 0 Å². The largest absolute Gasteiger partial charge is 0.474 e. The van der Waals surface area contributed by atoms with Crippen LogP contribution in [0.4, 0.5) is 0 Å². The van der Waals surface area contributed by atoms with Gasteiger partial charge in [-0.15, -0.1) is 0 Å². The molecule has 0 aliphatic carbocycles. The van der Waals surface area contributed by atoms with Crippen LogP contribution >= 0.6 is 24.7 Å². The van der Waals surface area contributed by atoms with E-state index in [4.69, 9.17) is 46.9 Å². The third-order valence-corrected chi connectivity index (χ3v) is 7.23. The number of hydrogen-bond acceptors (Lipinski definition) is 15. The fourth-order valence-corrected chi connectivity index (χ4v) is 4.34. The summed E-state index contributed by atoms with van der Waals surface area (Å²) in [6.07, 6.45) is -0.707. The zero-order chi connectivity index (χ0) is 34.0. The maximum Gasteiger partial charge on any atom is 0.474 e. The van der Waals surface area contributed by atoms with Crippen molar-refractivity contribution < 1.29 is 80.0 Å². The van der Waals surface area contributed by atoms with Gasteiger partial charge in [0.1, 0.15) is 6.79 Å². The second-order valence-corrected chi connectivity index (χ2v) is 13.7. The van der Waals surface area contributed by atoms with Crippen molar-refractivity contribution in [2.75, 3.05) is 66.8 Å². The zero-order valence-corrected chi connectivity index (χ0v) is 29.8. The van der Waals surface area contributed by atoms with Crippen molar-refractivity contribution in [3.8, 4) is 0 Å². The van der Waals surface area contributed by atoms with Gasteiger partial charge in [-0.05, 0) is 55.4 Å². The monoisotopic (exact) mass is 708 g/mol. The Kier molecular flexibility index (Phi) is 29.9. The van der Waals surface area contributed by atoms with Crippen LogP contribution in [0.3, 0.4) is 0 Å². The van der Waals surface area contributed by atoms with Crippen molar-refractivity contribution in [1.29, 1.82) is 0 Å². The molecule has 0 rings (SSSR count). The molecule has 268 valence electrons. The number of rotatable bonds is 28. The molecule has 5 unspecified atom stereocenters. The fourth-order valence-electron chi connectivity index (χ4n) is 2.35. The Labute approximate surface area is 263 Å². The van der Waals surface area contributed by atoms with Gasteiger partial charge in [-0.1, -0.05) is 0 Å². The summed E-state index contributed by atoms with van der Waals surface area (Å²) in [7, 11) is -8.31. The van der Waals surface area contributed by atoms with Gasteiger partial charge in [0.05, 0.1) is 64.1 Å². The summed E-state index contributed by atoms with van der Waals surface area (Å²) in [6.45, 7) is 13.8. The molecule has 0 aliphatic heterocycles. The first-order chi connectivity index (χ1) is 20.5. The quantitative estimate of drug-likeness (QED) is 0.0519. The summed E-state index contributed by atoms with van der Waals surface area (Å²) in [5, 5.41) is 18.3. The van der Waals surface area contributed by atoms with Crippen LogP contribution in [0.25, 0.3) is 0 Å². The number of phosphoric ester groups is 2. The van der Waals surface area contributed by atoms with Gasteiger partial charge in [-0.2, -0.15) is 0 Å². The highest BCUT2D eigenvalue weighted by Crippen LogP contribution is 2.45. The summed E-state index contributed by atoms with van der Waals surface area (Å²) in [4.78, 5) is 18.6. The SMILES string of the molecule is CC(C)OCOCC(CO)COCOP(=O)(O)OC(C)C.CC(C)OPOCOCC(CO)COCOP(=O)(O)OC(C)C. The number of phosphoric acid groups is 2. The lowest BCUT2D eigenvalue weighted by atomic mass is 10.2. The van der Waals surface area contributed by atoms with Crippen molar-refractivity contribution in [3.63, 3.8) is 0 Å². The lowest BCUT2D eigenvalue weighted by Gasteiger charge is -2.17. The molecule has 17 nitrogen and oxygen atoms in total. The van der Waals surface area contributed by atoms with Crippen LogP contribution in [0, 0.1) is 11.8 Å². The highest BCUT2D eigenvalue weighted by Gasteiger charge is 2.24. The number of aliphatic hydroxyl groups excluding tert-OH is 2. The van der Waals surface area contributed by atoms with Gasteiger partial charge < -0.3 is 52.7 Å². The van der Waals surface area contributed by atoms with Crippen LogP contribution in [0.5, 0.6) is 0 Å². The summed E-state index contributed by atoms with van der Waals surface area (Å²) in [5.41, 5.74) is 0. The molecular weight excluding hydrogens is 653 g/mol. The van der Waals surface area contributed by atoms with Crippen molar-refractivity contribution in [2.24, 2.45) is 11.8 Å². The van der Waals surface area contributed by atoms with E-state index in [1.54, 1.807) is 27.7 Å². The predicted molar refractivity (Wildman–Crippen MR) is 161 cm³/mol. The zero-order valence-electron chi connectivity index (χ0n) is 27.0. The number of ether oxygens (including phenoxy) is 5. The lowest BCUT2D eigenvalue weighted by molar-refractivity contribution is -0.103. The second kappa shape index (κ2) is 28.3. The normalized spacial score (nSPS) is 16.5. The Morgan fingerprint density at radius 1 is 0.568 bits per heavy atom. The predicted octanol–water partition coefficient (Wildman–Crippen LogP) is 3.55. The minimum atomic E-state index is -4.11. The average molecular weight is 709 g/mol. The Hall–Kier alpha value is 0.290. The molecule has 0 saturated heterocycles. The standard InChI is InChI=1S/C12H28O9P2.C12H27O8P/c1-10(2)20-22-18-8-16-6-12(5-13)7-17-9-19-23(14,15)21-11(3)4;1-10(2)18-8-16-6-12(5-13)7-17-9-19-21(14,15)20-11(3)4/h10-13,22H,5-9H2,1-4H3,(H,14,15);10-13H,5-9H2,1-4H3,(H,14,15). The van der Waals surface area contributed by atoms with Gasteiger partial charge in [0, 0.05) is 11.8 Å². The maximum atomic E-state index is 11.4. The van der Waals surface area contributed by atoms with E-state index in [2.05, 4.69) is 9.05 Å². The first-order valence-corrected chi connectivity index (χ1v) is 17.8. The summed E-state index contributed by atoms with van der Waals surface area (Å²) >= 11 is 0. The summed E-state index contributed by atoms with van der Waals surface area (Å²) in [6, 6.07) is 0. The van der Waals surface area contributed by atoms with Gasteiger partial charge in [-0.25, -0.2) is 9.13 Å². The maximum absolute atomic E-state index is 11.4. The van der Waals surface area contributed by atoms with Crippen molar-refractivity contribution in [1.82, 2.24) is 0 Å². The molecule has 0 spiro atoms. The molecule has 0 aromatic heterocycles. The molecule has 0 amide bonds. The van der Waals surface area contributed by atoms with Gasteiger partial charge >= 0.3 is 15.6 Å². The van der Waals surface area contributed by atoms with Gasteiger partial charge in [0.25, 0.3) is 0 Å². The third-order valence-electron chi connectivity index (χ3n) is 4.19. The van der Waals surface area contributed by atoms with Crippen molar-refractivity contribution in [2.45, 2.75) is 79.8 Å². The van der Waals surface area contributed by atoms with Crippen LogP contribution in [-0.4, -0.2) is 111 Å². The summed E-state index contributed by atoms with van der Waals surface area (Å²) in [5.74, 6) is -0.575. The van der Waals surface area contributed by atoms with Crippen molar-refractivity contribution in [3.05, 3.63) is 0 Å². The van der Waals surface area contributed by atoms with E-state index < -0.39 is 41.4 Å². The van der Waals surface area contributed by atoms with Gasteiger partial charge in [-0.3, -0.25) is 18.1 Å². The molecule has 0 radical (unpaired) electrons. The molecule has 44 heavy (non-hydrogen) atoms. The first-order valence-electron chi connectivity index (χ1n) is 14.0. The number of aliphatic hydroxyl groups is 2. The van der Waals surface area contributed by atoms with Crippen LogP contribution in [0.1, 0.15) is 55.4 Å². The van der Waals surface area contributed by atoms with Crippen LogP contribution < -0.4 is 0 Å². The van der Waals surface area contributed by atoms with E-state index in [-0.39, 0.29) is 86.3 Å². The molecule has 0 heterocycles. The average Bonchev–Trinajstić information content (AvgIpc) is 2.89. The molecule has 4 N–H and O–H groups in total. The Balaban J connectivity index is 0. The number of hydrogen-bond donors (Lipinski definition) is 4. The van der Waals surface area contributed by atoms with E-state index in [1.807, 2.05) is 27.7 Å². The topological polar surface area (TPSA) is 217 Å². The smallest absolute Gasteiger partial charge is 0.396 e. The molecule has 0 aromatic carbocycles. The minimum Gasteiger partial charge on any atom is -0.396 e. The van der Waals surface area contributed by atoms with Crippen LogP contribution in [-0.2, 0) is 60.0 Å². The molecule has 0 bridgehead atoms. The Morgan fingerprint density at radius 2 is 0.955 bits per heavy atom. The first kappa shape index (κ1) is 46.4. The molecule has 0 fully saturated rings. The second-order valence-electron chi connectivity index (χ2n) is 10.2. The lowest BCUT2D eigenvalue weighted by Crippen LogP contribution is -2.22. The highest BCUT2D eigenvalue weighted by molar-refractivity contribution is 7.47. The van der Waals surface area contributed by atoms with Gasteiger partial charge in [0.2, 0.25) is 0 Å². The molecular formula is C24H55O17P3. The molecule has 0 aromatic rings. The van der Waals surface area contributed by atoms with E-state index in [0.29, 0.717) is 0 Å². The molecule has 0 saturated carbocycles. The highest BCUT2D eigenvalue weighted by atomic mass is 31.2. The Morgan fingerprint density at radius 3 is 1.30 bits per heavy atom. The fraction of sp³-hybridized carbons (Fsp3) is 1.00. The van der Waals surface area contributed by atoms with E-state index in [9.17, 15) is 24.0 Å². The molecule has 5 atom stereocenters. The molecule has 20 heteroatoms. The van der Waals surface area contributed by atoms with Crippen LogP contribution in [0.15, 0.2) is 0 Å². The third kappa shape index (κ3) is 33.6. The van der Waals surface area contributed by atoms with E-state index in [1.165, 1.54) is 0 Å². The molecule has 0 aliphatic rings. The van der Waals surface area contributed by atoms with Gasteiger partial charge in [0.15, 0.2) is 29.4 Å². The van der Waals surface area contributed by atoms with Crippen LogP contribution in [0.2, 0.25) is 0 Å². The van der Waals surface area contributed by atoms with E-state index in [0.717, 1.165) is 0 Å². The Bertz CT molecular complexity index is 745. The van der Waals surface area contributed by atoms with Crippen molar-refractivity contribution >= 4 is 24.7 Å².